The summed E-state index contributed by atoms with van der Waals surface area (Å²) in [6.45, 7) is 59.5. The predicted molar refractivity (Wildman–Crippen MR) is 361 cm³/mol. The van der Waals surface area contributed by atoms with Crippen LogP contribution in [0.4, 0.5) is 14.4 Å². The first-order chi connectivity index (χ1) is 40.6. The van der Waals surface area contributed by atoms with Crippen molar-refractivity contribution >= 4 is 61.5 Å². The third-order valence-corrected chi connectivity index (χ3v) is 14.1. The standard InChI is InChI=1S/C16H36N.C15H30O6Si.C12H22O6.C10H22O5Si.C6H16O2Si.C3H6O.CO2.CH4.FH/c1-5-9-13-17(14-10-6-2,15-11-7-3)16-12-8-4;1-11(20-13(16)15(3,4)5)9-18-14(17)21-12(2)10-19-22(6,7)8;1-8(6-13)18-11(15)16-7-9(2)17-10(14)12(3,4)5;1-8(11)6-13-10(12)15-9(2)7-14-16(3,4)5;1-6(7)5-8-9(2,3)4;1-3-2-4-3;2-1-3;;/h5-16H2,1-4H3;11-12H,9-10H2,1-8H3;8-9,13H,6-7H2,1-5H3;8-9,11H,6-7H2,1-5H3;6-7H,5H2,1-4H3;3H,2H2,1H3;;1H4;1H/q+1;;;;;;;;/p-1. The third-order valence-electron chi connectivity index (χ3n) is 11.0. The molecule has 0 saturated carbocycles. The number of unbranched alkanes of at least 4 members (excludes halogenated alkanes) is 4. The smallest absolute Gasteiger partial charge is 0.508 e. The minimum atomic E-state index is -1.63. The van der Waals surface area contributed by atoms with Gasteiger partial charge in [0.15, 0.2) is 25.0 Å². The van der Waals surface area contributed by atoms with Crippen LogP contribution in [0.3, 0.4) is 0 Å². The Kier molecular flexibility index (Phi) is 65.7. The first-order valence-electron chi connectivity index (χ1n) is 31.9. The number of hydrogen-bond donors (Lipinski definition) is 3. The summed E-state index contributed by atoms with van der Waals surface area (Å²) in [5.74, 6) is -0.704. The summed E-state index contributed by atoms with van der Waals surface area (Å²) in [4.78, 5) is 73.2. The van der Waals surface area contributed by atoms with Crippen molar-refractivity contribution in [2.45, 2.75) is 291 Å². The van der Waals surface area contributed by atoms with E-state index in [1.54, 1.807) is 76.2 Å². The highest BCUT2D eigenvalue weighted by atomic mass is 28.4. The number of nitrogens with zero attached hydrogens (tertiary/aromatic N) is 1. The average molecular weight is 1380 g/mol. The Labute approximate surface area is 554 Å². The molecule has 0 spiro atoms. The SMILES string of the molecule is C.CC(CO)OC(=O)OCC(C)OC(=O)C(C)(C)C.CC(CO[Si](C)(C)C)OC(=O)OCC(C)OC(=O)C(C)(C)C.CC(O)COC(=O)OC(C)CO[Si](C)(C)C.CC(O)CO[Si](C)(C)C.CC1CO1.CCCC[N+](CCCC)(CCCC)CCCC.O=C=O.[F-]. The van der Waals surface area contributed by atoms with Crippen molar-refractivity contribution < 1.29 is 114 Å². The number of quaternary nitrogens is 1. The molecule has 0 aromatic carbocycles. The maximum Gasteiger partial charge on any atom is 0.508 e. The zero-order valence-electron chi connectivity index (χ0n) is 61.2. The van der Waals surface area contributed by atoms with Crippen molar-refractivity contribution in [2.75, 3.05) is 79.0 Å². The summed E-state index contributed by atoms with van der Waals surface area (Å²) in [5, 5.41) is 26.4. The third kappa shape index (κ3) is 82.4. The largest absolute Gasteiger partial charge is 1.00 e. The molecule has 0 bridgehead atoms. The fraction of sp³-hybridized carbons (Fsp3) is 0.906. The number of aliphatic hydroxyl groups is 3. The number of rotatable bonds is 33. The maximum absolute atomic E-state index is 11.7. The van der Waals surface area contributed by atoms with E-state index < -0.39 is 78.7 Å². The van der Waals surface area contributed by atoms with Gasteiger partial charge >= 0.3 is 36.6 Å². The van der Waals surface area contributed by atoms with Gasteiger partial charge in [0.2, 0.25) is 0 Å². The lowest BCUT2D eigenvalue weighted by Gasteiger charge is -2.39. The van der Waals surface area contributed by atoms with Crippen molar-refractivity contribution in [3.8, 4) is 0 Å². The first kappa shape index (κ1) is 103. The van der Waals surface area contributed by atoms with Crippen LogP contribution < -0.4 is 4.70 Å². The number of carbonyl (C=O) groups is 5. The van der Waals surface area contributed by atoms with Crippen molar-refractivity contribution in [3.05, 3.63) is 0 Å². The van der Waals surface area contributed by atoms with Gasteiger partial charge in [-0.2, -0.15) is 9.59 Å². The molecule has 1 aliphatic rings. The topological polar surface area (TPSA) is 294 Å². The fourth-order valence-electron chi connectivity index (χ4n) is 5.89. The van der Waals surface area contributed by atoms with Crippen LogP contribution in [0.5, 0.6) is 0 Å². The van der Waals surface area contributed by atoms with Crippen LogP contribution in [0, 0.1) is 10.8 Å². The van der Waals surface area contributed by atoms with E-state index in [1.807, 2.05) is 0 Å². The van der Waals surface area contributed by atoms with Crippen LogP contribution in [0.2, 0.25) is 58.9 Å². The van der Waals surface area contributed by atoms with Gasteiger partial charge in [0.25, 0.3) is 0 Å². The van der Waals surface area contributed by atoms with Crippen molar-refractivity contribution in [1.82, 2.24) is 0 Å². The van der Waals surface area contributed by atoms with Crippen LogP contribution in [-0.4, -0.2) is 209 Å². The van der Waals surface area contributed by atoms with Gasteiger partial charge in [-0.05, 0) is 182 Å². The minimum absolute atomic E-state index is 0. The molecule has 1 aliphatic heterocycles. The van der Waals surface area contributed by atoms with Gasteiger partial charge in [0, 0.05) is 0 Å². The molecule has 91 heavy (non-hydrogen) atoms. The molecular weight excluding hydrogens is 1240 g/mol. The molecule has 27 heteroatoms. The molecule has 0 aliphatic carbocycles. The van der Waals surface area contributed by atoms with Crippen LogP contribution in [-0.2, 0) is 75.1 Å². The summed E-state index contributed by atoms with van der Waals surface area (Å²) in [5.41, 5.74) is -1.18. The Morgan fingerprint density at radius 1 is 0.484 bits per heavy atom. The Hall–Kier alpha value is -3.61. The zero-order chi connectivity index (χ0) is 70.8. The summed E-state index contributed by atoms with van der Waals surface area (Å²) in [7, 11) is -4.59. The molecule has 1 heterocycles. The van der Waals surface area contributed by atoms with Gasteiger partial charge in [0.1, 0.15) is 50.3 Å². The lowest BCUT2D eigenvalue weighted by atomic mass is 9.97. The van der Waals surface area contributed by atoms with Gasteiger partial charge in [-0.1, -0.05) is 60.8 Å². The monoisotopic (exact) mass is 1370 g/mol. The van der Waals surface area contributed by atoms with E-state index in [9.17, 15) is 24.0 Å². The van der Waals surface area contributed by atoms with E-state index in [0.717, 1.165) is 6.61 Å². The molecule has 8 unspecified atom stereocenters. The van der Waals surface area contributed by atoms with E-state index in [0.29, 0.717) is 25.9 Å². The minimum Gasteiger partial charge on any atom is -1.00 e. The number of carbonyl (C=O) groups excluding carboxylic acids is 7. The Morgan fingerprint density at radius 2 is 0.714 bits per heavy atom. The molecule has 1 fully saturated rings. The van der Waals surface area contributed by atoms with Gasteiger partial charge < -0.3 is 80.4 Å². The molecule has 0 aromatic heterocycles. The number of epoxide rings is 1. The lowest BCUT2D eigenvalue weighted by molar-refractivity contribution is -0.929. The molecule has 0 amide bonds. The molecule has 0 aromatic rings. The van der Waals surface area contributed by atoms with Crippen LogP contribution in [0.25, 0.3) is 0 Å². The van der Waals surface area contributed by atoms with Crippen LogP contribution >= 0.6 is 0 Å². The molecule has 548 valence electrons. The van der Waals surface area contributed by atoms with Gasteiger partial charge in [0.05, 0.1) is 88.4 Å². The Balaban J connectivity index is -0.000000155. The van der Waals surface area contributed by atoms with E-state index in [-0.39, 0.29) is 75.0 Å². The van der Waals surface area contributed by atoms with Gasteiger partial charge in [-0.3, -0.25) is 9.59 Å². The highest BCUT2D eigenvalue weighted by molar-refractivity contribution is 6.70. The van der Waals surface area contributed by atoms with Crippen molar-refractivity contribution in [1.29, 1.82) is 0 Å². The number of aliphatic hydroxyl groups excluding tert-OH is 3. The van der Waals surface area contributed by atoms with Crippen molar-refractivity contribution in [3.63, 3.8) is 0 Å². The predicted octanol–water partition coefficient (Wildman–Crippen LogP) is 10.3. The van der Waals surface area contributed by atoms with E-state index in [1.165, 1.54) is 95.9 Å². The molecule has 3 N–H and O–H groups in total. The number of hydrogen-bond acceptors (Lipinski definition) is 22. The first-order valence-corrected chi connectivity index (χ1v) is 42.1. The molecule has 0 radical (unpaired) electrons. The molecule has 1 saturated heterocycles. The molecule has 23 nitrogen and oxygen atoms in total. The van der Waals surface area contributed by atoms with Gasteiger partial charge in [-0.15, -0.1) is 0 Å². The second kappa shape index (κ2) is 57.8. The highest BCUT2D eigenvalue weighted by Gasteiger charge is 2.28. The molecule has 1 rings (SSSR count). The average Bonchev–Trinajstić information content (AvgIpc) is 3.15. The maximum atomic E-state index is 11.7. The molecule has 8 atom stereocenters. The fourth-order valence-corrected chi connectivity index (χ4v) is 8.10. The van der Waals surface area contributed by atoms with E-state index in [2.05, 4.69) is 103 Å². The van der Waals surface area contributed by atoms with Crippen LogP contribution in [0.1, 0.15) is 183 Å². The Morgan fingerprint density at radius 3 is 0.912 bits per heavy atom. The summed E-state index contributed by atoms with van der Waals surface area (Å²) < 4.78 is 62.0. The van der Waals surface area contributed by atoms with Gasteiger partial charge in [-0.25, -0.2) is 14.4 Å². The second-order valence-corrected chi connectivity index (χ2v) is 41.0. The number of halogens is 1. The van der Waals surface area contributed by atoms with E-state index in [4.69, 9.17) is 71.3 Å². The molecular formula is C64H136FNO22Si3. The van der Waals surface area contributed by atoms with Crippen LogP contribution in [0.15, 0.2) is 0 Å². The number of ether oxygens (including phenoxy) is 9. The normalized spacial score (nSPS) is 14.8. The number of esters is 2. The quantitative estimate of drug-likeness (QED) is 0.0181. The lowest BCUT2D eigenvalue weighted by Crippen LogP contribution is -3.00. The summed E-state index contributed by atoms with van der Waals surface area (Å²) in [6, 6.07) is 0. The summed E-state index contributed by atoms with van der Waals surface area (Å²) in [6.07, 6.45) is 6.03. The highest BCUT2D eigenvalue weighted by Crippen LogP contribution is 2.19. The van der Waals surface area contributed by atoms with Crippen molar-refractivity contribution in [2.24, 2.45) is 10.8 Å². The Bertz CT molecular complexity index is 1770. The second-order valence-electron chi connectivity index (χ2n) is 27.4. The zero-order valence-corrected chi connectivity index (χ0v) is 64.2. The van der Waals surface area contributed by atoms with E-state index >= 15 is 0 Å². The summed E-state index contributed by atoms with van der Waals surface area (Å²) >= 11 is 0.